The fraction of sp³-hybridized carbons (Fsp3) is 0.130. The molecule has 172 valence electrons. The number of nitrogens with zero attached hydrogens (tertiary/aromatic N) is 4. The van der Waals surface area contributed by atoms with Gasteiger partial charge < -0.3 is 11.1 Å². The fourth-order valence-electron chi connectivity index (χ4n) is 3.68. The lowest BCUT2D eigenvalue weighted by Crippen LogP contribution is -2.27. The Morgan fingerprint density at radius 3 is 2.59 bits per heavy atom. The number of fused-ring (bicyclic) bond motifs is 1. The summed E-state index contributed by atoms with van der Waals surface area (Å²) in [6, 6.07) is 10.9. The van der Waals surface area contributed by atoms with Crippen LogP contribution in [0, 0.1) is 17.1 Å². The fourth-order valence-corrected chi connectivity index (χ4v) is 3.68. The number of pyridine rings is 1. The van der Waals surface area contributed by atoms with Gasteiger partial charge in [0, 0.05) is 5.69 Å². The number of nitrogens with one attached hydrogen (secondary N) is 1. The van der Waals surface area contributed by atoms with Crippen molar-refractivity contribution in [2.24, 2.45) is 0 Å². The number of aromatic nitrogens is 3. The first-order chi connectivity index (χ1) is 16.1. The molecule has 0 radical (unpaired) electrons. The third kappa shape index (κ3) is 4.13. The van der Waals surface area contributed by atoms with Crippen LogP contribution in [0.3, 0.4) is 0 Å². The number of benzene rings is 2. The second-order valence-electron chi connectivity index (χ2n) is 7.43. The molecule has 0 saturated heterocycles. The highest BCUT2D eigenvalue weighted by molar-refractivity contribution is 5.86. The Morgan fingerprint density at radius 1 is 1.18 bits per heavy atom. The smallest absolute Gasteiger partial charge is 0.368 e. The lowest BCUT2D eigenvalue weighted by molar-refractivity contribution is -0.136. The van der Waals surface area contributed by atoms with Gasteiger partial charge in [0.05, 0.1) is 28.9 Å². The molecule has 7 nitrogen and oxygen atoms in total. The first-order valence-corrected chi connectivity index (χ1v) is 9.91. The summed E-state index contributed by atoms with van der Waals surface area (Å²) in [6.07, 6.45) is -3.56. The van der Waals surface area contributed by atoms with E-state index in [1.54, 1.807) is 6.92 Å². The molecule has 0 amide bonds. The number of halogens is 4. The van der Waals surface area contributed by atoms with Crippen molar-refractivity contribution in [3.8, 4) is 11.8 Å². The lowest BCUT2D eigenvalue weighted by atomic mass is 10.0. The highest BCUT2D eigenvalue weighted by atomic mass is 19.4. The van der Waals surface area contributed by atoms with E-state index < -0.39 is 34.5 Å². The van der Waals surface area contributed by atoms with E-state index in [4.69, 9.17) is 5.73 Å². The first kappa shape index (κ1) is 22.7. The normalized spacial score (nSPS) is 12.4. The summed E-state index contributed by atoms with van der Waals surface area (Å²) < 4.78 is 56.1. The van der Waals surface area contributed by atoms with Gasteiger partial charge in [-0.05, 0) is 42.6 Å². The molecule has 2 heterocycles. The molecule has 1 atom stereocenters. The van der Waals surface area contributed by atoms with Crippen molar-refractivity contribution in [2.75, 3.05) is 11.1 Å². The van der Waals surface area contributed by atoms with E-state index >= 15 is 0 Å². The predicted octanol–water partition coefficient (Wildman–Crippen LogP) is 4.57. The van der Waals surface area contributed by atoms with E-state index in [2.05, 4.69) is 15.3 Å². The summed E-state index contributed by atoms with van der Waals surface area (Å²) in [5.41, 5.74) is 3.87. The maximum Gasteiger partial charge on any atom is 0.417 e. The summed E-state index contributed by atoms with van der Waals surface area (Å²) in [7, 11) is 0. The van der Waals surface area contributed by atoms with Crippen LogP contribution in [0.25, 0.3) is 16.5 Å². The number of nitriles is 1. The number of nitrogen functional groups attached to an aromatic ring is 1. The van der Waals surface area contributed by atoms with Gasteiger partial charge in [0.1, 0.15) is 23.3 Å². The molecule has 0 aliphatic rings. The van der Waals surface area contributed by atoms with Gasteiger partial charge in [-0.2, -0.15) is 23.4 Å². The molecule has 11 heteroatoms. The standard InChI is InChI=1S/C23H16F4N6O/c1-12(31-20-14(10-28)11-30-22(29)32-20)18-8-13-4-2-7-17(23(25,26)27)19(13)21(34)33(18)16-6-3-5-15(24)9-16/h2-9,11-12H,1H3,(H3,29,30,31,32)/t12-/m0/s1. The Hall–Kier alpha value is -4.46. The second-order valence-corrected chi connectivity index (χ2v) is 7.43. The lowest BCUT2D eigenvalue weighted by Gasteiger charge is -2.22. The van der Waals surface area contributed by atoms with Crippen molar-refractivity contribution in [2.45, 2.75) is 19.1 Å². The number of hydrogen-bond donors (Lipinski definition) is 2. The molecular formula is C23H16F4N6O. The van der Waals surface area contributed by atoms with Crippen LogP contribution in [0.4, 0.5) is 29.3 Å². The molecule has 0 aliphatic carbocycles. The average Bonchev–Trinajstić information content (AvgIpc) is 2.78. The molecule has 0 unspecified atom stereocenters. The molecule has 34 heavy (non-hydrogen) atoms. The Labute approximate surface area is 190 Å². The SMILES string of the molecule is C[C@H](Nc1nc(N)ncc1C#N)c1cc2cccc(C(F)(F)F)c2c(=O)n1-c1cccc(F)c1. The maximum atomic E-state index is 14.0. The zero-order valence-electron chi connectivity index (χ0n) is 17.6. The minimum absolute atomic E-state index is 0.0373. The van der Waals surface area contributed by atoms with E-state index in [1.165, 1.54) is 36.5 Å². The van der Waals surface area contributed by atoms with Crippen LogP contribution in [-0.4, -0.2) is 14.5 Å². The van der Waals surface area contributed by atoms with E-state index in [1.807, 2.05) is 6.07 Å². The number of alkyl halides is 3. The molecule has 2 aromatic heterocycles. The highest BCUT2D eigenvalue weighted by Crippen LogP contribution is 2.34. The molecule has 4 rings (SSSR count). The monoisotopic (exact) mass is 468 g/mol. The Bertz CT molecular complexity index is 1510. The number of anilines is 2. The predicted molar refractivity (Wildman–Crippen MR) is 118 cm³/mol. The van der Waals surface area contributed by atoms with Crippen molar-refractivity contribution in [3.05, 3.63) is 87.7 Å². The Kier molecular flexibility index (Phi) is 5.66. The van der Waals surface area contributed by atoms with Crippen LogP contribution in [0.15, 0.2) is 59.5 Å². The number of hydrogen-bond acceptors (Lipinski definition) is 6. The molecule has 0 fully saturated rings. The molecule has 0 saturated carbocycles. The van der Waals surface area contributed by atoms with Crippen LogP contribution >= 0.6 is 0 Å². The van der Waals surface area contributed by atoms with E-state index in [-0.39, 0.29) is 34.1 Å². The van der Waals surface area contributed by atoms with Gasteiger partial charge >= 0.3 is 6.18 Å². The summed E-state index contributed by atoms with van der Waals surface area (Å²) in [5.74, 6) is -0.704. The highest BCUT2D eigenvalue weighted by Gasteiger charge is 2.34. The Balaban J connectivity index is 2.00. The van der Waals surface area contributed by atoms with Gasteiger partial charge in [-0.25, -0.2) is 9.37 Å². The first-order valence-electron chi connectivity index (χ1n) is 9.91. The van der Waals surface area contributed by atoms with Gasteiger partial charge in [0.15, 0.2) is 0 Å². The van der Waals surface area contributed by atoms with Gasteiger partial charge in [0.25, 0.3) is 5.56 Å². The van der Waals surface area contributed by atoms with E-state index in [9.17, 15) is 27.6 Å². The number of nitrogens with two attached hydrogens (primary N) is 1. The van der Waals surface area contributed by atoms with Crippen LogP contribution < -0.4 is 16.6 Å². The quantitative estimate of drug-likeness (QED) is 0.425. The van der Waals surface area contributed by atoms with Gasteiger partial charge in [0.2, 0.25) is 5.95 Å². The van der Waals surface area contributed by atoms with Crippen molar-refractivity contribution >= 4 is 22.5 Å². The summed E-state index contributed by atoms with van der Waals surface area (Å²) in [4.78, 5) is 21.2. The van der Waals surface area contributed by atoms with Crippen LogP contribution in [0.5, 0.6) is 0 Å². The molecular weight excluding hydrogens is 452 g/mol. The zero-order chi connectivity index (χ0) is 24.6. The third-order valence-corrected chi connectivity index (χ3v) is 5.17. The molecule has 2 aromatic carbocycles. The largest absolute Gasteiger partial charge is 0.417 e. The van der Waals surface area contributed by atoms with Crippen molar-refractivity contribution < 1.29 is 17.6 Å². The average molecular weight is 468 g/mol. The van der Waals surface area contributed by atoms with Gasteiger partial charge in [-0.3, -0.25) is 9.36 Å². The third-order valence-electron chi connectivity index (χ3n) is 5.17. The molecule has 0 bridgehead atoms. The van der Waals surface area contributed by atoms with Crippen molar-refractivity contribution in [1.82, 2.24) is 14.5 Å². The summed E-state index contributed by atoms with van der Waals surface area (Å²) >= 11 is 0. The number of rotatable bonds is 4. The molecule has 3 N–H and O–H groups in total. The van der Waals surface area contributed by atoms with Crippen molar-refractivity contribution in [3.63, 3.8) is 0 Å². The minimum atomic E-state index is -4.77. The van der Waals surface area contributed by atoms with Crippen LogP contribution in [0.1, 0.15) is 29.8 Å². The molecule has 4 aromatic rings. The van der Waals surface area contributed by atoms with Crippen LogP contribution in [0.2, 0.25) is 0 Å². The minimum Gasteiger partial charge on any atom is -0.368 e. The van der Waals surface area contributed by atoms with Crippen molar-refractivity contribution in [1.29, 1.82) is 5.26 Å². The maximum absolute atomic E-state index is 14.0. The van der Waals surface area contributed by atoms with E-state index in [0.717, 1.165) is 22.8 Å². The summed E-state index contributed by atoms with van der Waals surface area (Å²) in [5, 5.41) is 11.8. The van der Waals surface area contributed by atoms with Crippen LogP contribution in [-0.2, 0) is 6.18 Å². The van der Waals surface area contributed by atoms with E-state index in [0.29, 0.717) is 0 Å². The molecule has 0 spiro atoms. The topological polar surface area (TPSA) is 110 Å². The zero-order valence-corrected chi connectivity index (χ0v) is 17.6. The molecule has 0 aliphatic heterocycles. The van der Waals surface area contributed by atoms with Gasteiger partial charge in [-0.1, -0.05) is 18.2 Å². The second kappa shape index (κ2) is 8.47. The van der Waals surface area contributed by atoms with Gasteiger partial charge in [-0.15, -0.1) is 0 Å². The summed E-state index contributed by atoms with van der Waals surface area (Å²) in [6.45, 7) is 1.61. The Morgan fingerprint density at radius 2 is 1.91 bits per heavy atom.